The number of aryl methyl sites for hydroxylation is 1. The van der Waals surface area contributed by atoms with Gasteiger partial charge in [0.2, 0.25) is 0 Å². The third-order valence-corrected chi connectivity index (χ3v) is 2.92. The van der Waals surface area contributed by atoms with Crippen molar-refractivity contribution in [1.82, 2.24) is 4.98 Å². The highest BCUT2D eigenvalue weighted by atomic mass is 19.1. The lowest BCUT2D eigenvalue weighted by molar-refractivity contribution is 0.318. The number of pyridine rings is 1. The van der Waals surface area contributed by atoms with E-state index in [1.807, 2.05) is 13.0 Å². The van der Waals surface area contributed by atoms with E-state index in [0.717, 1.165) is 5.56 Å². The van der Waals surface area contributed by atoms with E-state index in [1.54, 1.807) is 24.4 Å². The fourth-order valence-electron chi connectivity index (χ4n) is 1.90. The molecule has 0 radical (unpaired) electrons. The molecule has 1 aromatic carbocycles. The lowest BCUT2D eigenvalue weighted by Crippen LogP contribution is -2.18. The van der Waals surface area contributed by atoms with Crippen LogP contribution in [0, 0.1) is 12.7 Å². The predicted octanol–water partition coefficient (Wildman–Crippen LogP) is 2.24. The monoisotopic (exact) mass is 274 g/mol. The average molecular weight is 274 g/mol. The molecule has 104 valence electrons. The van der Waals surface area contributed by atoms with E-state index in [4.69, 9.17) is 10.9 Å². The Morgan fingerprint density at radius 1 is 1.40 bits per heavy atom. The summed E-state index contributed by atoms with van der Waals surface area (Å²) < 4.78 is 13.7. The minimum Gasteiger partial charge on any atom is -0.409 e. The van der Waals surface area contributed by atoms with Crippen LogP contribution >= 0.6 is 0 Å². The second-order valence-electron chi connectivity index (χ2n) is 4.28. The molecular formula is C14H15FN4O. The van der Waals surface area contributed by atoms with Crippen molar-refractivity contribution in [3.63, 3.8) is 0 Å². The van der Waals surface area contributed by atoms with Crippen molar-refractivity contribution in [2.24, 2.45) is 10.9 Å². The van der Waals surface area contributed by atoms with Crippen molar-refractivity contribution in [1.29, 1.82) is 0 Å². The van der Waals surface area contributed by atoms with E-state index in [0.29, 0.717) is 23.5 Å². The number of nitrogens with two attached hydrogens (primary N) is 1. The summed E-state index contributed by atoms with van der Waals surface area (Å²) in [6.07, 6.45) is 1.55. The largest absolute Gasteiger partial charge is 0.409 e. The van der Waals surface area contributed by atoms with Gasteiger partial charge in [-0.05, 0) is 24.6 Å². The van der Waals surface area contributed by atoms with E-state index in [9.17, 15) is 4.39 Å². The summed E-state index contributed by atoms with van der Waals surface area (Å²) in [5.41, 5.74) is 7.88. The van der Waals surface area contributed by atoms with Gasteiger partial charge in [-0.15, -0.1) is 0 Å². The van der Waals surface area contributed by atoms with Crippen LogP contribution in [0.3, 0.4) is 0 Å². The second-order valence-corrected chi connectivity index (χ2v) is 4.28. The topological polar surface area (TPSA) is 83.5 Å². The summed E-state index contributed by atoms with van der Waals surface area (Å²) in [7, 11) is 0. The number of nitrogens with zero attached hydrogens (tertiary/aromatic N) is 2. The number of hydrogen-bond donors (Lipinski definition) is 3. The van der Waals surface area contributed by atoms with Crippen molar-refractivity contribution in [3.8, 4) is 0 Å². The summed E-state index contributed by atoms with van der Waals surface area (Å²) >= 11 is 0. The molecule has 0 saturated carbocycles. The molecule has 6 heteroatoms. The Labute approximate surface area is 116 Å². The van der Waals surface area contributed by atoms with Crippen molar-refractivity contribution < 1.29 is 9.60 Å². The van der Waals surface area contributed by atoms with Crippen LogP contribution in [0.25, 0.3) is 0 Å². The first kappa shape index (κ1) is 13.8. The predicted molar refractivity (Wildman–Crippen MR) is 75.2 cm³/mol. The molecule has 2 aromatic rings. The first-order chi connectivity index (χ1) is 9.63. The minimum atomic E-state index is -0.320. The molecule has 0 aliphatic carbocycles. The SMILES string of the molecule is Cc1cccc(F)c1NCc1cccnc1/C(N)=N/O. The number of rotatable bonds is 4. The molecule has 0 saturated heterocycles. The number of halogens is 1. The highest BCUT2D eigenvalue weighted by Crippen LogP contribution is 2.20. The highest BCUT2D eigenvalue weighted by Gasteiger charge is 2.10. The van der Waals surface area contributed by atoms with Gasteiger partial charge in [0.25, 0.3) is 0 Å². The Morgan fingerprint density at radius 2 is 2.20 bits per heavy atom. The van der Waals surface area contributed by atoms with Crippen molar-refractivity contribution >= 4 is 11.5 Å². The van der Waals surface area contributed by atoms with E-state index < -0.39 is 0 Å². The summed E-state index contributed by atoms with van der Waals surface area (Å²) in [5, 5.41) is 14.7. The van der Waals surface area contributed by atoms with E-state index in [1.165, 1.54) is 6.07 Å². The van der Waals surface area contributed by atoms with Crippen LogP contribution in [0.2, 0.25) is 0 Å². The first-order valence-corrected chi connectivity index (χ1v) is 6.04. The van der Waals surface area contributed by atoms with Crippen LogP contribution < -0.4 is 11.1 Å². The number of para-hydroxylation sites is 1. The third kappa shape index (κ3) is 2.85. The molecule has 0 atom stereocenters. The summed E-state index contributed by atoms with van der Waals surface area (Å²) in [4.78, 5) is 4.06. The van der Waals surface area contributed by atoms with Crippen LogP contribution in [-0.4, -0.2) is 16.0 Å². The maximum Gasteiger partial charge on any atom is 0.189 e. The number of benzene rings is 1. The normalized spacial score (nSPS) is 11.4. The molecule has 0 bridgehead atoms. The van der Waals surface area contributed by atoms with Gasteiger partial charge in [0.05, 0.1) is 5.69 Å². The molecule has 5 nitrogen and oxygen atoms in total. The molecule has 0 fully saturated rings. The fourth-order valence-corrected chi connectivity index (χ4v) is 1.90. The first-order valence-electron chi connectivity index (χ1n) is 6.04. The van der Waals surface area contributed by atoms with Crippen LogP contribution in [-0.2, 0) is 6.54 Å². The van der Waals surface area contributed by atoms with Gasteiger partial charge in [0.15, 0.2) is 5.84 Å². The fraction of sp³-hybridized carbons (Fsp3) is 0.143. The molecule has 0 aliphatic heterocycles. The van der Waals surface area contributed by atoms with Crippen LogP contribution in [0.5, 0.6) is 0 Å². The number of amidine groups is 1. The zero-order valence-corrected chi connectivity index (χ0v) is 11.0. The van der Waals surface area contributed by atoms with Gasteiger partial charge >= 0.3 is 0 Å². The Hall–Kier alpha value is -2.63. The lowest BCUT2D eigenvalue weighted by atomic mass is 10.1. The molecule has 0 aliphatic rings. The van der Waals surface area contributed by atoms with Gasteiger partial charge in [-0.25, -0.2) is 4.39 Å². The van der Waals surface area contributed by atoms with Crippen molar-refractivity contribution in [2.75, 3.05) is 5.32 Å². The van der Waals surface area contributed by atoms with Gasteiger partial charge in [-0.3, -0.25) is 4.98 Å². The summed E-state index contributed by atoms with van der Waals surface area (Å²) in [6.45, 7) is 2.14. The van der Waals surface area contributed by atoms with Gasteiger partial charge in [0, 0.05) is 18.3 Å². The number of aromatic nitrogens is 1. The zero-order chi connectivity index (χ0) is 14.5. The maximum absolute atomic E-state index is 13.7. The third-order valence-electron chi connectivity index (χ3n) is 2.92. The Balaban J connectivity index is 2.24. The average Bonchev–Trinajstić information content (AvgIpc) is 2.46. The molecule has 0 amide bonds. The smallest absolute Gasteiger partial charge is 0.189 e. The molecule has 0 spiro atoms. The zero-order valence-electron chi connectivity index (χ0n) is 11.0. The number of anilines is 1. The minimum absolute atomic E-state index is 0.0762. The molecule has 1 aromatic heterocycles. The lowest BCUT2D eigenvalue weighted by Gasteiger charge is -2.12. The van der Waals surface area contributed by atoms with Gasteiger partial charge in [-0.2, -0.15) is 0 Å². The number of hydrogen-bond acceptors (Lipinski definition) is 4. The van der Waals surface area contributed by atoms with E-state index in [-0.39, 0.29) is 11.7 Å². The highest BCUT2D eigenvalue weighted by molar-refractivity contribution is 5.96. The summed E-state index contributed by atoms with van der Waals surface area (Å²) in [5.74, 6) is -0.396. The molecule has 20 heavy (non-hydrogen) atoms. The van der Waals surface area contributed by atoms with Gasteiger partial charge in [-0.1, -0.05) is 23.4 Å². The molecule has 2 rings (SSSR count). The van der Waals surface area contributed by atoms with Gasteiger partial charge < -0.3 is 16.3 Å². The van der Waals surface area contributed by atoms with E-state index in [2.05, 4.69) is 15.5 Å². The van der Waals surface area contributed by atoms with Crippen molar-refractivity contribution in [2.45, 2.75) is 13.5 Å². The van der Waals surface area contributed by atoms with Crippen LogP contribution in [0.15, 0.2) is 41.7 Å². The molecule has 0 unspecified atom stereocenters. The van der Waals surface area contributed by atoms with Crippen LogP contribution in [0.1, 0.15) is 16.8 Å². The maximum atomic E-state index is 13.7. The number of nitrogens with one attached hydrogen (secondary N) is 1. The Kier molecular flexibility index (Phi) is 4.14. The summed E-state index contributed by atoms with van der Waals surface area (Å²) in [6, 6.07) is 8.38. The Bertz CT molecular complexity index is 623. The van der Waals surface area contributed by atoms with Crippen molar-refractivity contribution in [3.05, 3.63) is 59.2 Å². The number of oxime groups is 1. The Morgan fingerprint density at radius 3 is 2.90 bits per heavy atom. The quantitative estimate of drug-likeness (QED) is 0.345. The van der Waals surface area contributed by atoms with Crippen LogP contribution in [0.4, 0.5) is 10.1 Å². The molecular weight excluding hydrogens is 259 g/mol. The molecule has 1 heterocycles. The standard InChI is InChI=1S/C14H15FN4O/c1-9-4-2-6-11(15)12(9)18-8-10-5-3-7-17-13(10)14(16)19-20/h2-7,18,20H,8H2,1H3,(H2,16,19). The molecule has 4 N–H and O–H groups in total. The van der Waals surface area contributed by atoms with E-state index >= 15 is 0 Å². The second kappa shape index (κ2) is 6.01. The van der Waals surface area contributed by atoms with Gasteiger partial charge in [0.1, 0.15) is 11.5 Å².